The van der Waals surface area contributed by atoms with Crippen molar-refractivity contribution in [3.63, 3.8) is 0 Å². The van der Waals surface area contributed by atoms with Crippen LogP contribution in [0.2, 0.25) is 0 Å². The maximum atomic E-state index is 13.9. The first-order valence-electron chi connectivity index (χ1n) is 12.5. The number of nitrogens with two attached hydrogens (primary N) is 1. The Morgan fingerprint density at radius 1 is 1.15 bits per heavy atom. The van der Waals surface area contributed by atoms with Crippen molar-refractivity contribution in [2.45, 2.75) is 19.6 Å². The van der Waals surface area contributed by atoms with E-state index in [1.807, 2.05) is 18.0 Å². The number of aryl methyl sites for hydroxylation is 1. The summed E-state index contributed by atoms with van der Waals surface area (Å²) in [5.41, 5.74) is 6.61. The molecule has 8 nitrogen and oxygen atoms in total. The van der Waals surface area contributed by atoms with Crippen LogP contribution in [0.3, 0.4) is 0 Å². The predicted octanol–water partition coefficient (Wildman–Crippen LogP) is 4.40. The zero-order valence-corrected chi connectivity index (χ0v) is 22.7. The largest absolute Gasteiger partial charge is 0.416 e. The van der Waals surface area contributed by atoms with E-state index in [1.54, 1.807) is 25.4 Å². The lowest BCUT2D eigenvalue weighted by atomic mass is 10.0. The molecule has 0 bridgehead atoms. The smallest absolute Gasteiger partial charge is 0.382 e. The molecule has 0 spiro atoms. The van der Waals surface area contributed by atoms with Gasteiger partial charge in [0.25, 0.3) is 5.91 Å². The molecule has 3 aromatic heterocycles. The van der Waals surface area contributed by atoms with E-state index in [4.69, 9.17) is 5.73 Å². The number of pyridine rings is 2. The van der Waals surface area contributed by atoms with Crippen molar-refractivity contribution in [2.24, 2.45) is 0 Å². The molecule has 1 fully saturated rings. The number of aromatic nitrogens is 3. The molecule has 3 N–H and O–H groups in total. The van der Waals surface area contributed by atoms with Crippen LogP contribution < -0.4 is 11.1 Å². The molecule has 4 aromatic rings. The molecule has 1 aliphatic heterocycles. The lowest BCUT2D eigenvalue weighted by Gasteiger charge is -2.33. The SMILES string of the molecule is Cc1sc(C#Cc2cnc(N)c3ncccc23)nc1C(=O)Nc1ccc(CN2CCN(C)CC2)c(C(F)(F)F)c1. The Morgan fingerprint density at radius 3 is 2.67 bits per heavy atom. The molecule has 12 heteroatoms. The van der Waals surface area contributed by atoms with Crippen molar-refractivity contribution in [3.05, 3.63) is 75.0 Å². The summed E-state index contributed by atoms with van der Waals surface area (Å²) >= 11 is 1.22. The van der Waals surface area contributed by atoms with Crippen LogP contribution in [-0.2, 0) is 12.7 Å². The number of alkyl halides is 3. The zero-order chi connectivity index (χ0) is 28.4. The summed E-state index contributed by atoms with van der Waals surface area (Å²) in [6.07, 6.45) is -1.39. The topological polar surface area (TPSA) is 100 Å². The van der Waals surface area contributed by atoms with Crippen LogP contribution in [0.5, 0.6) is 0 Å². The van der Waals surface area contributed by atoms with Gasteiger partial charge in [0.15, 0.2) is 5.01 Å². The van der Waals surface area contributed by atoms with Gasteiger partial charge >= 0.3 is 6.18 Å². The number of likely N-dealkylation sites (N-methyl/N-ethyl adjacent to an activating group) is 1. The maximum Gasteiger partial charge on any atom is 0.416 e. The summed E-state index contributed by atoms with van der Waals surface area (Å²) in [6, 6.07) is 7.52. The Labute approximate surface area is 233 Å². The van der Waals surface area contributed by atoms with E-state index in [1.165, 1.54) is 23.5 Å². The molecular formula is C28H26F3N7OS. The van der Waals surface area contributed by atoms with Gasteiger partial charge in [-0.05, 0) is 49.7 Å². The highest BCUT2D eigenvalue weighted by molar-refractivity contribution is 7.12. The number of amides is 1. The molecular weight excluding hydrogens is 539 g/mol. The number of hydrogen-bond donors (Lipinski definition) is 2. The Bertz CT molecular complexity index is 1630. The van der Waals surface area contributed by atoms with Crippen LogP contribution in [0.15, 0.2) is 42.7 Å². The molecule has 0 unspecified atom stereocenters. The van der Waals surface area contributed by atoms with Crippen molar-refractivity contribution >= 4 is 39.7 Å². The summed E-state index contributed by atoms with van der Waals surface area (Å²) in [6.45, 7) is 4.91. The average molecular weight is 566 g/mol. The van der Waals surface area contributed by atoms with Gasteiger partial charge in [-0.15, -0.1) is 11.3 Å². The van der Waals surface area contributed by atoms with Crippen LogP contribution >= 0.6 is 11.3 Å². The van der Waals surface area contributed by atoms with Crippen LogP contribution in [-0.4, -0.2) is 63.9 Å². The second-order valence-electron chi connectivity index (χ2n) is 9.53. The molecule has 1 aromatic carbocycles. The van der Waals surface area contributed by atoms with Gasteiger partial charge in [-0.25, -0.2) is 9.97 Å². The summed E-state index contributed by atoms with van der Waals surface area (Å²) in [4.78, 5) is 30.4. The van der Waals surface area contributed by atoms with Gasteiger partial charge < -0.3 is 16.0 Å². The highest BCUT2D eigenvalue weighted by atomic mass is 32.1. The van der Waals surface area contributed by atoms with Crippen LogP contribution in [0.1, 0.15) is 37.1 Å². The third-order valence-corrected chi connectivity index (χ3v) is 7.54. The van der Waals surface area contributed by atoms with Crippen molar-refractivity contribution in [1.82, 2.24) is 24.8 Å². The third kappa shape index (κ3) is 6.07. The number of thiazole rings is 1. The van der Waals surface area contributed by atoms with Gasteiger partial charge in [0.1, 0.15) is 17.0 Å². The molecule has 5 rings (SSSR count). The van der Waals surface area contributed by atoms with E-state index in [2.05, 4.69) is 37.0 Å². The number of hydrogen-bond acceptors (Lipinski definition) is 8. The number of rotatable bonds is 4. The van der Waals surface area contributed by atoms with Crippen LogP contribution in [0, 0.1) is 18.8 Å². The molecule has 0 saturated carbocycles. The normalized spacial score (nSPS) is 14.6. The molecule has 206 valence electrons. The lowest BCUT2D eigenvalue weighted by molar-refractivity contribution is -0.138. The average Bonchev–Trinajstić information content (AvgIpc) is 3.30. The van der Waals surface area contributed by atoms with Crippen molar-refractivity contribution < 1.29 is 18.0 Å². The monoisotopic (exact) mass is 565 g/mol. The Kier molecular flexibility index (Phi) is 7.71. The number of benzene rings is 1. The third-order valence-electron chi connectivity index (χ3n) is 6.65. The first-order valence-corrected chi connectivity index (χ1v) is 13.3. The minimum Gasteiger partial charge on any atom is -0.382 e. The molecule has 0 radical (unpaired) electrons. The van der Waals surface area contributed by atoms with Gasteiger partial charge in [0, 0.05) is 61.1 Å². The van der Waals surface area contributed by atoms with E-state index >= 15 is 0 Å². The summed E-state index contributed by atoms with van der Waals surface area (Å²) in [7, 11) is 1.99. The molecule has 0 aliphatic carbocycles. The molecule has 1 saturated heterocycles. The van der Waals surface area contributed by atoms with Crippen LogP contribution in [0.4, 0.5) is 24.7 Å². The predicted molar refractivity (Wildman–Crippen MR) is 149 cm³/mol. The second kappa shape index (κ2) is 11.2. The molecule has 0 atom stereocenters. The molecule has 4 heterocycles. The molecule has 1 amide bonds. The Morgan fingerprint density at radius 2 is 1.93 bits per heavy atom. The van der Waals surface area contributed by atoms with E-state index < -0.39 is 17.6 Å². The number of fused-ring (bicyclic) bond motifs is 1. The Balaban J connectivity index is 1.34. The summed E-state index contributed by atoms with van der Waals surface area (Å²) in [5, 5.41) is 3.70. The lowest BCUT2D eigenvalue weighted by Crippen LogP contribution is -2.44. The van der Waals surface area contributed by atoms with Gasteiger partial charge in [-0.3, -0.25) is 14.7 Å². The highest BCUT2D eigenvalue weighted by Gasteiger charge is 2.34. The number of carbonyl (C=O) groups excluding carboxylic acids is 1. The van der Waals surface area contributed by atoms with Gasteiger partial charge in [0.05, 0.1) is 11.1 Å². The van der Waals surface area contributed by atoms with Crippen molar-refractivity contribution in [1.29, 1.82) is 0 Å². The molecule has 40 heavy (non-hydrogen) atoms. The first kappa shape index (κ1) is 27.5. The zero-order valence-electron chi connectivity index (χ0n) is 21.8. The number of piperazine rings is 1. The summed E-state index contributed by atoms with van der Waals surface area (Å²) in [5.74, 6) is 5.64. The standard InChI is InChI=1S/C28H26F3N7OS/c1-17-24(36-23(40-17)8-6-18-15-34-26(32)25-21(18)4-3-9-33-25)27(39)35-20-7-5-19(22(14-20)28(29,30)31)16-38-12-10-37(2)11-13-38/h3-5,7,9,14-15H,10-13,16H2,1-2H3,(H2,32,34)(H,35,39). The highest BCUT2D eigenvalue weighted by Crippen LogP contribution is 2.35. The second-order valence-corrected chi connectivity index (χ2v) is 10.7. The fourth-order valence-electron chi connectivity index (χ4n) is 4.47. The summed E-state index contributed by atoms with van der Waals surface area (Å²) < 4.78 is 41.8. The molecule has 1 aliphatic rings. The Hall–Kier alpha value is -4.05. The van der Waals surface area contributed by atoms with Crippen molar-refractivity contribution in [3.8, 4) is 11.8 Å². The van der Waals surface area contributed by atoms with Gasteiger partial charge in [-0.1, -0.05) is 12.0 Å². The number of nitrogens with one attached hydrogen (secondary N) is 1. The minimum atomic E-state index is -4.56. The fourth-order valence-corrected chi connectivity index (χ4v) is 5.23. The fraction of sp³-hybridized carbons (Fsp3) is 0.286. The van der Waals surface area contributed by atoms with E-state index in [9.17, 15) is 18.0 Å². The number of halogens is 3. The van der Waals surface area contributed by atoms with E-state index in [0.29, 0.717) is 39.9 Å². The van der Waals surface area contributed by atoms with Gasteiger partial charge in [-0.2, -0.15) is 13.2 Å². The van der Waals surface area contributed by atoms with Crippen molar-refractivity contribution in [2.75, 3.05) is 44.3 Å². The number of anilines is 2. The minimum absolute atomic E-state index is 0.0476. The van der Waals surface area contributed by atoms with Crippen LogP contribution in [0.25, 0.3) is 10.9 Å². The van der Waals surface area contributed by atoms with E-state index in [-0.39, 0.29) is 23.5 Å². The first-order chi connectivity index (χ1) is 19.1. The van der Waals surface area contributed by atoms with Gasteiger partial charge in [0.2, 0.25) is 0 Å². The van der Waals surface area contributed by atoms with E-state index in [0.717, 1.165) is 24.5 Å². The number of nitrogen functional groups attached to an aromatic ring is 1. The quantitative estimate of drug-likeness (QED) is 0.354. The maximum absolute atomic E-state index is 13.9. The number of nitrogens with zero attached hydrogens (tertiary/aromatic N) is 5. The number of carbonyl (C=O) groups is 1.